The number of carbonyl (C=O) groups is 1. The van der Waals surface area contributed by atoms with Gasteiger partial charge in [-0.1, -0.05) is 12.1 Å². The highest BCUT2D eigenvalue weighted by atomic mass is 32.2. The first-order chi connectivity index (χ1) is 14.6. The Bertz CT molecular complexity index is 1290. The molecule has 1 fully saturated rings. The van der Waals surface area contributed by atoms with Crippen LogP contribution in [0.4, 0.5) is 8.78 Å². The van der Waals surface area contributed by atoms with Crippen molar-refractivity contribution in [2.75, 3.05) is 26.2 Å². The highest BCUT2D eigenvalue weighted by Gasteiger charge is 2.34. The largest absolute Gasteiger partial charge is 0.450 e. The van der Waals surface area contributed by atoms with E-state index < -0.39 is 26.6 Å². The molecule has 0 atom stereocenters. The number of amides is 1. The molecule has 0 bridgehead atoms. The zero-order chi connectivity index (χ0) is 22.5. The van der Waals surface area contributed by atoms with Crippen LogP contribution in [-0.2, 0) is 10.0 Å². The summed E-state index contributed by atoms with van der Waals surface area (Å²) in [5, 5.41) is 0.908. The Morgan fingerprint density at radius 1 is 0.968 bits per heavy atom. The average Bonchev–Trinajstić information content (AvgIpc) is 3.10. The Morgan fingerprint density at radius 3 is 2.26 bits per heavy atom. The Labute approximate surface area is 179 Å². The van der Waals surface area contributed by atoms with Crippen molar-refractivity contribution in [1.82, 2.24) is 9.21 Å². The van der Waals surface area contributed by atoms with Gasteiger partial charge in [0.1, 0.15) is 22.1 Å². The van der Waals surface area contributed by atoms with Crippen LogP contribution in [-0.4, -0.2) is 49.7 Å². The molecule has 1 saturated heterocycles. The van der Waals surface area contributed by atoms with E-state index >= 15 is 0 Å². The maximum absolute atomic E-state index is 14.0. The summed E-state index contributed by atoms with van der Waals surface area (Å²) in [6, 6.07) is 6.23. The normalized spacial score (nSPS) is 15.6. The Balaban J connectivity index is 1.55. The van der Waals surface area contributed by atoms with Gasteiger partial charge in [0, 0.05) is 37.1 Å². The monoisotopic (exact) mass is 448 g/mol. The van der Waals surface area contributed by atoms with E-state index in [0.717, 1.165) is 38.5 Å². The smallest absolute Gasteiger partial charge is 0.289 e. The number of rotatable bonds is 3. The molecule has 1 amide bonds. The summed E-state index contributed by atoms with van der Waals surface area (Å²) < 4.78 is 59.9. The number of carbonyl (C=O) groups excluding carboxylic acids is 1. The van der Waals surface area contributed by atoms with E-state index in [-0.39, 0.29) is 37.8 Å². The van der Waals surface area contributed by atoms with Gasteiger partial charge in [0.15, 0.2) is 5.76 Å². The molecule has 3 aromatic rings. The predicted molar refractivity (Wildman–Crippen MR) is 111 cm³/mol. The van der Waals surface area contributed by atoms with E-state index in [9.17, 15) is 22.0 Å². The molecule has 0 N–H and O–H groups in total. The van der Waals surface area contributed by atoms with Crippen LogP contribution < -0.4 is 0 Å². The standard InChI is InChI=1S/C22H22F2N2O4S/c1-13-4-5-14(2)20-19(13)15(3)21(30-20)22(27)25-8-10-26(11-9-25)31(28,29)18-12-16(23)6-7-17(18)24/h4-7,12H,8-11H2,1-3H3. The van der Waals surface area contributed by atoms with E-state index in [2.05, 4.69) is 0 Å². The molecule has 1 aromatic heterocycles. The first kappa shape index (κ1) is 21.5. The summed E-state index contributed by atoms with van der Waals surface area (Å²) in [4.78, 5) is 13.9. The van der Waals surface area contributed by atoms with Crippen molar-refractivity contribution in [3.8, 4) is 0 Å². The minimum absolute atomic E-state index is 0.0264. The lowest BCUT2D eigenvalue weighted by Gasteiger charge is -2.33. The highest BCUT2D eigenvalue weighted by Crippen LogP contribution is 2.31. The molecule has 9 heteroatoms. The van der Waals surface area contributed by atoms with Crippen molar-refractivity contribution in [1.29, 1.82) is 0 Å². The summed E-state index contributed by atoms with van der Waals surface area (Å²) in [6.45, 7) is 5.87. The quantitative estimate of drug-likeness (QED) is 0.611. The van der Waals surface area contributed by atoms with E-state index in [1.165, 1.54) is 4.90 Å². The van der Waals surface area contributed by atoms with Gasteiger partial charge in [-0.3, -0.25) is 4.79 Å². The van der Waals surface area contributed by atoms with Crippen LogP contribution in [0.25, 0.3) is 11.0 Å². The molecule has 1 aliphatic rings. The molecule has 0 aliphatic carbocycles. The number of aryl methyl sites for hydroxylation is 3. The van der Waals surface area contributed by atoms with Gasteiger partial charge < -0.3 is 9.32 Å². The van der Waals surface area contributed by atoms with E-state index in [1.807, 2.05) is 32.9 Å². The number of halogens is 2. The second-order valence-electron chi connectivity index (χ2n) is 7.73. The second kappa shape index (κ2) is 7.72. The summed E-state index contributed by atoms with van der Waals surface area (Å²) in [5.74, 6) is -1.93. The van der Waals surface area contributed by atoms with Crippen molar-refractivity contribution in [2.45, 2.75) is 25.7 Å². The number of hydrogen-bond donors (Lipinski definition) is 0. The molecule has 2 heterocycles. The second-order valence-corrected chi connectivity index (χ2v) is 9.64. The molecule has 164 valence electrons. The lowest BCUT2D eigenvalue weighted by Crippen LogP contribution is -2.50. The van der Waals surface area contributed by atoms with Crippen LogP contribution in [0.2, 0.25) is 0 Å². The molecular weight excluding hydrogens is 426 g/mol. The molecular formula is C22H22F2N2O4S. The zero-order valence-corrected chi connectivity index (χ0v) is 18.2. The summed E-state index contributed by atoms with van der Waals surface area (Å²) in [6.07, 6.45) is 0. The molecule has 2 aromatic carbocycles. The third-order valence-electron chi connectivity index (χ3n) is 5.71. The van der Waals surface area contributed by atoms with Gasteiger partial charge in [0.05, 0.1) is 0 Å². The minimum atomic E-state index is -4.21. The maximum atomic E-state index is 14.0. The van der Waals surface area contributed by atoms with Crippen LogP contribution in [0.15, 0.2) is 39.6 Å². The van der Waals surface area contributed by atoms with Crippen LogP contribution >= 0.6 is 0 Å². The van der Waals surface area contributed by atoms with Gasteiger partial charge >= 0.3 is 0 Å². The number of hydrogen-bond acceptors (Lipinski definition) is 4. The number of sulfonamides is 1. The fourth-order valence-electron chi connectivity index (χ4n) is 3.97. The molecule has 31 heavy (non-hydrogen) atoms. The number of nitrogens with zero attached hydrogens (tertiary/aromatic N) is 2. The molecule has 1 aliphatic heterocycles. The minimum Gasteiger partial charge on any atom is -0.450 e. The Kier molecular flexibility index (Phi) is 5.35. The molecule has 0 unspecified atom stereocenters. The predicted octanol–water partition coefficient (Wildman–Crippen LogP) is 3.78. The average molecular weight is 448 g/mol. The third-order valence-corrected chi connectivity index (χ3v) is 7.63. The molecule has 0 saturated carbocycles. The first-order valence-corrected chi connectivity index (χ1v) is 11.3. The lowest BCUT2D eigenvalue weighted by atomic mass is 10.0. The van der Waals surface area contributed by atoms with E-state index in [4.69, 9.17) is 4.42 Å². The van der Waals surface area contributed by atoms with Crippen molar-refractivity contribution in [3.05, 3.63) is 64.4 Å². The summed E-state index contributed by atoms with van der Waals surface area (Å²) in [5.41, 5.74) is 3.35. The Hall–Kier alpha value is -2.78. The van der Waals surface area contributed by atoms with Crippen LogP contribution in [0.5, 0.6) is 0 Å². The van der Waals surface area contributed by atoms with Gasteiger partial charge in [-0.25, -0.2) is 17.2 Å². The van der Waals surface area contributed by atoms with Crippen molar-refractivity contribution >= 4 is 26.9 Å². The van der Waals surface area contributed by atoms with Crippen LogP contribution in [0.3, 0.4) is 0 Å². The van der Waals surface area contributed by atoms with Gasteiger partial charge in [-0.2, -0.15) is 4.31 Å². The lowest BCUT2D eigenvalue weighted by molar-refractivity contribution is 0.0667. The molecule has 4 rings (SSSR count). The van der Waals surface area contributed by atoms with Crippen LogP contribution in [0, 0.1) is 32.4 Å². The number of piperazine rings is 1. The van der Waals surface area contributed by atoms with Crippen LogP contribution in [0.1, 0.15) is 27.2 Å². The van der Waals surface area contributed by atoms with Crippen molar-refractivity contribution in [3.63, 3.8) is 0 Å². The van der Waals surface area contributed by atoms with Gasteiger partial charge in [0.25, 0.3) is 5.91 Å². The molecule has 6 nitrogen and oxygen atoms in total. The van der Waals surface area contributed by atoms with Crippen molar-refractivity contribution in [2.24, 2.45) is 0 Å². The topological polar surface area (TPSA) is 70.8 Å². The number of benzene rings is 2. The zero-order valence-electron chi connectivity index (χ0n) is 17.4. The van der Waals surface area contributed by atoms with Crippen molar-refractivity contribution < 1.29 is 26.4 Å². The highest BCUT2D eigenvalue weighted by molar-refractivity contribution is 7.89. The molecule has 0 radical (unpaired) electrons. The fraction of sp³-hybridized carbons (Fsp3) is 0.318. The van der Waals surface area contributed by atoms with Gasteiger partial charge in [-0.05, 0) is 50.1 Å². The van der Waals surface area contributed by atoms with E-state index in [1.54, 1.807) is 0 Å². The summed E-state index contributed by atoms with van der Waals surface area (Å²) in [7, 11) is -4.21. The Morgan fingerprint density at radius 2 is 1.61 bits per heavy atom. The molecule has 0 spiro atoms. The first-order valence-electron chi connectivity index (χ1n) is 9.85. The van der Waals surface area contributed by atoms with Gasteiger partial charge in [0.2, 0.25) is 10.0 Å². The van der Waals surface area contributed by atoms with E-state index in [0.29, 0.717) is 11.6 Å². The van der Waals surface area contributed by atoms with Gasteiger partial charge in [-0.15, -0.1) is 0 Å². The fourth-order valence-corrected chi connectivity index (χ4v) is 5.47. The SMILES string of the molecule is Cc1ccc(C)c2c(C)c(C(=O)N3CCN(S(=O)(=O)c4cc(F)ccc4F)CC3)oc12. The number of fused-ring (bicyclic) bond motifs is 1. The summed E-state index contributed by atoms with van der Waals surface area (Å²) >= 11 is 0. The number of furan rings is 1. The maximum Gasteiger partial charge on any atom is 0.289 e. The third kappa shape index (κ3) is 3.61.